The van der Waals surface area contributed by atoms with Crippen molar-refractivity contribution >= 4 is 30.8 Å². The molecule has 154 valence electrons. The number of hydrogen-bond donors (Lipinski definition) is 1. The largest absolute Gasteiger partial charge is 0.496 e. The molecule has 0 spiro atoms. The molecule has 3 heterocycles. The molecule has 1 saturated heterocycles. The van der Waals surface area contributed by atoms with Crippen LogP contribution in [0, 0.1) is 0 Å². The minimum atomic E-state index is -1.35. The number of morpholine rings is 1. The van der Waals surface area contributed by atoms with Crippen LogP contribution in [0.4, 0.5) is 5.69 Å². The van der Waals surface area contributed by atoms with Gasteiger partial charge in [-0.05, 0) is 30.5 Å². The summed E-state index contributed by atoms with van der Waals surface area (Å²) in [6.07, 6.45) is 0. The van der Waals surface area contributed by atoms with E-state index in [1.807, 2.05) is 29.6 Å². The number of hydrogen-bond acceptors (Lipinski definition) is 8. The van der Waals surface area contributed by atoms with E-state index in [1.165, 1.54) is 18.4 Å². The number of aromatic nitrogens is 2. The summed E-state index contributed by atoms with van der Waals surface area (Å²) in [7, 11) is 7.82. The second kappa shape index (κ2) is 8.49. The molecule has 3 aromatic rings. The van der Waals surface area contributed by atoms with Gasteiger partial charge in [-0.25, -0.2) is 0 Å². The van der Waals surface area contributed by atoms with Gasteiger partial charge < -0.3 is 24.1 Å². The molecule has 8 nitrogen and oxygen atoms in total. The van der Waals surface area contributed by atoms with Crippen LogP contribution in [0.25, 0.3) is 10.8 Å². The van der Waals surface area contributed by atoms with E-state index in [1.54, 1.807) is 13.0 Å². The first-order valence-corrected chi connectivity index (χ1v) is 10.4. The normalized spacial score (nSPS) is 16.1. The molecule has 1 N–H and O–H groups in total. The van der Waals surface area contributed by atoms with Crippen molar-refractivity contribution in [1.82, 2.24) is 15.5 Å². The van der Waals surface area contributed by atoms with Gasteiger partial charge in [0, 0.05) is 24.8 Å². The van der Waals surface area contributed by atoms with E-state index in [0.717, 1.165) is 23.7 Å². The predicted molar refractivity (Wildman–Crippen MR) is 114 cm³/mol. The van der Waals surface area contributed by atoms with Crippen molar-refractivity contribution in [2.24, 2.45) is 0 Å². The number of carbonyl (C=O) groups is 1. The number of anilines is 1. The molecule has 1 unspecified atom stereocenters. The molecule has 0 aliphatic carbocycles. The summed E-state index contributed by atoms with van der Waals surface area (Å²) in [6, 6.07) is 9.21. The molecule has 1 aliphatic heterocycles. The van der Waals surface area contributed by atoms with Gasteiger partial charge in [0.15, 0.2) is 0 Å². The molecule has 30 heavy (non-hydrogen) atoms. The van der Waals surface area contributed by atoms with Gasteiger partial charge in [-0.15, -0.1) is 21.5 Å². The van der Waals surface area contributed by atoms with Crippen molar-refractivity contribution < 1.29 is 18.7 Å². The number of carbonyl (C=O) groups excluding carboxylic acids is 1. The molecule has 1 aromatic carbocycles. The van der Waals surface area contributed by atoms with Gasteiger partial charge in [0.1, 0.15) is 13.6 Å². The monoisotopic (exact) mass is 424 g/mol. The Morgan fingerprint density at radius 3 is 2.80 bits per heavy atom. The topological polar surface area (TPSA) is 89.7 Å². The van der Waals surface area contributed by atoms with Crippen molar-refractivity contribution in [1.29, 1.82) is 0 Å². The lowest BCUT2D eigenvalue weighted by atomic mass is 9.79. The lowest BCUT2D eigenvalue weighted by Crippen LogP contribution is -2.44. The highest BCUT2D eigenvalue weighted by atomic mass is 32.1. The predicted octanol–water partition coefficient (Wildman–Crippen LogP) is 2.41. The molecule has 1 aliphatic rings. The lowest BCUT2D eigenvalue weighted by Gasteiger charge is -2.29. The summed E-state index contributed by atoms with van der Waals surface area (Å²) in [4.78, 5) is 16.0. The van der Waals surface area contributed by atoms with Crippen molar-refractivity contribution in [2.75, 3.05) is 38.3 Å². The zero-order valence-electron chi connectivity index (χ0n) is 16.8. The number of methoxy groups -OCH3 is 1. The molecule has 0 bridgehead atoms. The summed E-state index contributed by atoms with van der Waals surface area (Å²) < 4.78 is 16.5. The van der Waals surface area contributed by atoms with E-state index in [9.17, 15) is 4.79 Å². The maximum absolute atomic E-state index is 12.9. The zero-order valence-corrected chi connectivity index (χ0v) is 17.6. The second-order valence-electron chi connectivity index (χ2n) is 7.03. The van der Waals surface area contributed by atoms with Crippen LogP contribution in [0.5, 0.6) is 5.75 Å². The van der Waals surface area contributed by atoms with Crippen LogP contribution in [0.15, 0.2) is 40.1 Å². The van der Waals surface area contributed by atoms with Crippen molar-refractivity contribution in [3.8, 4) is 16.5 Å². The summed E-state index contributed by atoms with van der Waals surface area (Å²) in [5, 5.41) is 12.7. The Morgan fingerprint density at radius 2 is 2.10 bits per heavy atom. The molecule has 1 fully saturated rings. The quantitative estimate of drug-likeness (QED) is 0.608. The fraction of sp³-hybridized carbons (Fsp3) is 0.350. The number of nitrogens with one attached hydrogen (secondary N) is 1. The lowest BCUT2D eigenvalue weighted by molar-refractivity contribution is 0.0919. The van der Waals surface area contributed by atoms with E-state index in [4.69, 9.17) is 21.7 Å². The van der Waals surface area contributed by atoms with Crippen LogP contribution < -0.4 is 15.0 Å². The van der Waals surface area contributed by atoms with E-state index in [0.29, 0.717) is 30.4 Å². The average molecular weight is 424 g/mol. The Bertz CT molecular complexity index is 1020. The number of nitrogens with zero attached hydrogens (tertiary/aromatic N) is 3. The Labute approximate surface area is 179 Å². The molecule has 1 amide bonds. The molecule has 2 aromatic heterocycles. The van der Waals surface area contributed by atoms with Crippen LogP contribution in [0.1, 0.15) is 23.2 Å². The fourth-order valence-electron chi connectivity index (χ4n) is 3.18. The summed E-state index contributed by atoms with van der Waals surface area (Å²) in [5.41, 5.74) is -0.0168. The van der Waals surface area contributed by atoms with E-state index in [-0.39, 0.29) is 5.89 Å². The highest BCUT2D eigenvalue weighted by molar-refractivity contribution is 7.13. The Kier molecular flexibility index (Phi) is 5.78. The number of amides is 1. The summed E-state index contributed by atoms with van der Waals surface area (Å²) >= 11 is 1.48. The van der Waals surface area contributed by atoms with E-state index >= 15 is 0 Å². The number of benzene rings is 1. The van der Waals surface area contributed by atoms with Gasteiger partial charge in [0.25, 0.3) is 11.8 Å². The second-order valence-corrected chi connectivity index (χ2v) is 7.98. The third-order valence-electron chi connectivity index (χ3n) is 4.78. The summed E-state index contributed by atoms with van der Waals surface area (Å²) in [6.45, 7) is 4.53. The van der Waals surface area contributed by atoms with Crippen molar-refractivity contribution in [3.05, 3.63) is 47.2 Å². The SMILES string of the molecule is [B]C(C)(NC(=O)c1ccc(N2CCOCC2)cc1OC)c1nnc(-c2cccs2)o1. The molecule has 1 atom stereocenters. The molecular weight excluding hydrogens is 403 g/mol. The van der Waals surface area contributed by atoms with Crippen molar-refractivity contribution in [3.63, 3.8) is 0 Å². The zero-order chi connectivity index (χ0) is 21.1. The highest BCUT2D eigenvalue weighted by Gasteiger charge is 2.30. The van der Waals surface area contributed by atoms with Gasteiger partial charge in [-0.1, -0.05) is 6.07 Å². The van der Waals surface area contributed by atoms with Crippen LogP contribution in [0.2, 0.25) is 0 Å². The number of ether oxygens (including phenoxy) is 2. The average Bonchev–Trinajstić information content (AvgIpc) is 3.45. The Hall–Kier alpha value is -2.85. The number of thiophene rings is 1. The first-order valence-electron chi connectivity index (χ1n) is 9.48. The first-order chi connectivity index (χ1) is 14.5. The Balaban J connectivity index is 1.52. The molecular formula is C20H21BN4O4S. The van der Waals surface area contributed by atoms with Crippen LogP contribution >= 0.6 is 11.3 Å². The Morgan fingerprint density at radius 1 is 1.30 bits per heavy atom. The molecule has 2 radical (unpaired) electrons. The molecule has 0 saturated carbocycles. The third-order valence-corrected chi connectivity index (χ3v) is 5.64. The minimum absolute atomic E-state index is 0.114. The van der Waals surface area contributed by atoms with Gasteiger partial charge in [-0.2, -0.15) is 0 Å². The van der Waals surface area contributed by atoms with Crippen LogP contribution in [0.3, 0.4) is 0 Å². The van der Waals surface area contributed by atoms with Gasteiger partial charge in [0.05, 0.1) is 36.2 Å². The molecule has 4 rings (SSSR count). The van der Waals surface area contributed by atoms with E-state index in [2.05, 4.69) is 20.4 Å². The highest BCUT2D eigenvalue weighted by Crippen LogP contribution is 2.29. The molecule has 10 heteroatoms. The van der Waals surface area contributed by atoms with Gasteiger partial charge in [0.2, 0.25) is 5.89 Å². The maximum Gasteiger partial charge on any atom is 0.257 e. The fourth-order valence-corrected chi connectivity index (χ4v) is 3.82. The minimum Gasteiger partial charge on any atom is -0.496 e. The standard InChI is InChI=1S/C20H21BN4O4S/c1-20(21,19-24-23-18(29-19)16-4-3-11-30-16)22-17(26)14-6-5-13(12-15(14)27-2)25-7-9-28-10-8-25/h3-6,11-12H,7-10H2,1-2H3,(H,22,26). The van der Waals surface area contributed by atoms with Crippen LogP contribution in [-0.2, 0) is 10.2 Å². The summed E-state index contributed by atoms with van der Waals surface area (Å²) in [5.74, 6) is 0.528. The first kappa shape index (κ1) is 20.4. The van der Waals surface area contributed by atoms with Gasteiger partial charge in [-0.3, -0.25) is 4.79 Å². The maximum atomic E-state index is 12.9. The van der Waals surface area contributed by atoms with Crippen LogP contribution in [-0.4, -0.2) is 57.4 Å². The van der Waals surface area contributed by atoms with Gasteiger partial charge >= 0.3 is 0 Å². The smallest absolute Gasteiger partial charge is 0.257 e. The number of rotatable bonds is 6. The third kappa shape index (κ3) is 4.19. The van der Waals surface area contributed by atoms with Crippen molar-refractivity contribution in [2.45, 2.75) is 12.4 Å². The van der Waals surface area contributed by atoms with E-state index < -0.39 is 11.3 Å².